The zero-order chi connectivity index (χ0) is 19.3. The van der Waals surface area contributed by atoms with Crippen molar-refractivity contribution in [3.05, 3.63) is 35.9 Å². The average molecular weight is 391 g/mol. The molecule has 0 bridgehead atoms. The number of aryl methyl sites for hydroxylation is 1. The van der Waals surface area contributed by atoms with Crippen LogP contribution in [0.5, 0.6) is 11.5 Å². The molecule has 0 heterocycles. The van der Waals surface area contributed by atoms with Gasteiger partial charge in [-0.05, 0) is 54.7 Å². The van der Waals surface area contributed by atoms with Crippen molar-refractivity contribution in [3.8, 4) is 11.5 Å². The van der Waals surface area contributed by atoms with Gasteiger partial charge in [-0.3, -0.25) is 0 Å². The number of unbranched alkanes of at least 4 members (excludes halogenated alkanes) is 6. The standard InChI is InChI=1S/C24H35ClO2/c1-3-5-6-7-8-10-17-26-21-13-14-23-20(19-21)12-15-24(22(23)4-2)27-18-11-9-16-25/h12-15,19H,3-11,16-18H2,1-2H3. The van der Waals surface area contributed by atoms with E-state index in [0.717, 1.165) is 50.4 Å². The lowest BCUT2D eigenvalue weighted by Crippen LogP contribution is -2.01. The molecular weight excluding hydrogens is 356 g/mol. The zero-order valence-corrected chi connectivity index (χ0v) is 17.8. The summed E-state index contributed by atoms with van der Waals surface area (Å²) in [6.45, 7) is 5.97. The maximum absolute atomic E-state index is 6.00. The van der Waals surface area contributed by atoms with Crippen LogP contribution >= 0.6 is 11.6 Å². The largest absolute Gasteiger partial charge is 0.494 e. The predicted octanol–water partition coefficient (Wildman–Crippen LogP) is 7.54. The molecule has 0 radical (unpaired) electrons. The van der Waals surface area contributed by atoms with Crippen molar-refractivity contribution in [3.63, 3.8) is 0 Å². The van der Waals surface area contributed by atoms with Crippen molar-refractivity contribution in [2.45, 2.75) is 71.6 Å². The summed E-state index contributed by atoms with van der Waals surface area (Å²) in [6, 6.07) is 10.7. The number of alkyl halides is 1. The topological polar surface area (TPSA) is 18.5 Å². The van der Waals surface area contributed by atoms with Crippen molar-refractivity contribution in [1.29, 1.82) is 0 Å². The minimum Gasteiger partial charge on any atom is -0.494 e. The van der Waals surface area contributed by atoms with Gasteiger partial charge in [0.25, 0.3) is 0 Å². The molecule has 0 saturated carbocycles. The van der Waals surface area contributed by atoms with Crippen molar-refractivity contribution >= 4 is 22.4 Å². The first-order chi connectivity index (χ1) is 13.3. The summed E-state index contributed by atoms with van der Waals surface area (Å²) in [6.07, 6.45) is 10.7. The van der Waals surface area contributed by atoms with Crippen molar-refractivity contribution in [2.75, 3.05) is 19.1 Å². The first-order valence-corrected chi connectivity index (χ1v) is 11.2. The molecule has 2 nitrogen and oxygen atoms in total. The van der Waals surface area contributed by atoms with E-state index in [1.54, 1.807) is 0 Å². The van der Waals surface area contributed by atoms with E-state index >= 15 is 0 Å². The molecule has 0 N–H and O–H groups in total. The quantitative estimate of drug-likeness (QED) is 0.245. The van der Waals surface area contributed by atoms with E-state index in [-0.39, 0.29) is 0 Å². The second kappa shape index (κ2) is 12.9. The Labute approximate surface area is 170 Å². The molecule has 0 atom stereocenters. The molecule has 0 aromatic heterocycles. The fraction of sp³-hybridized carbons (Fsp3) is 0.583. The lowest BCUT2D eigenvalue weighted by Gasteiger charge is -2.14. The SMILES string of the molecule is CCCCCCCCOc1ccc2c(CC)c(OCCCCCl)ccc2c1. The second-order valence-electron chi connectivity index (χ2n) is 7.14. The number of rotatable bonds is 14. The molecule has 2 aromatic carbocycles. The fourth-order valence-electron chi connectivity index (χ4n) is 3.39. The second-order valence-corrected chi connectivity index (χ2v) is 7.52. The first-order valence-electron chi connectivity index (χ1n) is 10.7. The number of benzene rings is 2. The smallest absolute Gasteiger partial charge is 0.123 e. The third kappa shape index (κ3) is 7.25. The summed E-state index contributed by atoms with van der Waals surface area (Å²) < 4.78 is 12.0. The number of hydrogen-bond donors (Lipinski definition) is 0. The Bertz CT molecular complexity index is 669. The lowest BCUT2D eigenvalue weighted by molar-refractivity contribution is 0.304. The highest BCUT2D eigenvalue weighted by Crippen LogP contribution is 2.31. The molecule has 3 heteroatoms. The minimum atomic E-state index is 0.698. The van der Waals surface area contributed by atoms with Crippen molar-refractivity contribution in [2.24, 2.45) is 0 Å². The van der Waals surface area contributed by atoms with Crippen LogP contribution in [0.25, 0.3) is 10.8 Å². The van der Waals surface area contributed by atoms with Gasteiger partial charge in [0.1, 0.15) is 11.5 Å². The number of fused-ring (bicyclic) bond motifs is 1. The van der Waals surface area contributed by atoms with Crippen molar-refractivity contribution in [1.82, 2.24) is 0 Å². The summed E-state index contributed by atoms with van der Waals surface area (Å²) in [5.74, 6) is 2.66. The molecule has 0 spiro atoms. The Balaban J connectivity index is 1.92. The maximum atomic E-state index is 6.00. The van der Waals surface area contributed by atoms with Crippen LogP contribution in [0.3, 0.4) is 0 Å². The molecule has 0 aliphatic heterocycles. The minimum absolute atomic E-state index is 0.698. The normalized spacial score (nSPS) is 11.1. The summed E-state index contributed by atoms with van der Waals surface area (Å²) in [7, 11) is 0. The zero-order valence-electron chi connectivity index (χ0n) is 17.1. The summed E-state index contributed by atoms with van der Waals surface area (Å²) >= 11 is 5.74. The van der Waals surface area contributed by atoms with Gasteiger partial charge >= 0.3 is 0 Å². The molecule has 0 aliphatic rings. The molecular formula is C24H35ClO2. The van der Waals surface area contributed by atoms with Gasteiger partial charge in [0.2, 0.25) is 0 Å². The van der Waals surface area contributed by atoms with Crippen LogP contribution in [-0.2, 0) is 6.42 Å². The Kier molecular flexibility index (Phi) is 10.4. The van der Waals surface area contributed by atoms with Gasteiger partial charge in [-0.2, -0.15) is 0 Å². The fourth-order valence-corrected chi connectivity index (χ4v) is 3.58. The van der Waals surface area contributed by atoms with E-state index in [9.17, 15) is 0 Å². The summed E-state index contributed by atoms with van der Waals surface area (Å²) in [5, 5.41) is 2.49. The van der Waals surface area contributed by atoms with E-state index in [2.05, 4.69) is 44.2 Å². The van der Waals surface area contributed by atoms with Crippen LogP contribution in [0, 0.1) is 0 Å². The van der Waals surface area contributed by atoms with Gasteiger partial charge in [0.05, 0.1) is 13.2 Å². The van der Waals surface area contributed by atoms with E-state index in [4.69, 9.17) is 21.1 Å². The molecule has 2 aromatic rings. The Morgan fingerprint density at radius 2 is 1.52 bits per heavy atom. The Morgan fingerprint density at radius 1 is 0.778 bits per heavy atom. The van der Waals surface area contributed by atoms with Crippen LogP contribution in [0.4, 0.5) is 0 Å². The third-order valence-corrected chi connectivity index (χ3v) is 5.23. The average Bonchev–Trinajstić information content (AvgIpc) is 2.70. The monoisotopic (exact) mass is 390 g/mol. The summed E-state index contributed by atoms with van der Waals surface area (Å²) in [5.41, 5.74) is 1.28. The first kappa shape index (κ1) is 21.9. The van der Waals surface area contributed by atoms with Crippen LogP contribution < -0.4 is 9.47 Å². The van der Waals surface area contributed by atoms with Gasteiger partial charge in [0, 0.05) is 11.4 Å². The van der Waals surface area contributed by atoms with Gasteiger partial charge < -0.3 is 9.47 Å². The van der Waals surface area contributed by atoms with Crippen LogP contribution in [0.15, 0.2) is 30.3 Å². The highest BCUT2D eigenvalue weighted by molar-refractivity contribution is 6.17. The van der Waals surface area contributed by atoms with Gasteiger partial charge in [-0.1, -0.05) is 58.1 Å². The number of halogens is 1. The highest BCUT2D eigenvalue weighted by atomic mass is 35.5. The molecule has 2 rings (SSSR count). The van der Waals surface area contributed by atoms with E-state index in [1.165, 1.54) is 48.4 Å². The van der Waals surface area contributed by atoms with Gasteiger partial charge in [-0.15, -0.1) is 11.6 Å². The van der Waals surface area contributed by atoms with E-state index < -0.39 is 0 Å². The van der Waals surface area contributed by atoms with Crippen LogP contribution in [-0.4, -0.2) is 19.1 Å². The number of ether oxygens (including phenoxy) is 2. The lowest BCUT2D eigenvalue weighted by atomic mass is 10.0. The third-order valence-electron chi connectivity index (χ3n) is 4.97. The van der Waals surface area contributed by atoms with Crippen molar-refractivity contribution < 1.29 is 9.47 Å². The number of hydrogen-bond acceptors (Lipinski definition) is 2. The Hall–Kier alpha value is -1.41. The van der Waals surface area contributed by atoms with Gasteiger partial charge in [-0.25, -0.2) is 0 Å². The molecule has 0 fully saturated rings. The maximum Gasteiger partial charge on any atom is 0.123 e. The predicted molar refractivity (Wildman–Crippen MR) is 118 cm³/mol. The molecule has 27 heavy (non-hydrogen) atoms. The van der Waals surface area contributed by atoms with Crippen LogP contribution in [0.1, 0.15) is 70.8 Å². The Morgan fingerprint density at radius 3 is 2.30 bits per heavy atom. The molecule has 0 aliphatic carbocycles. The molecule has 0 amide bonds. The van der Waals surface area contributed by atoms with Crippen LogP contribution in [0.2, 0.25) is 0 Å². The van der Waals surface area contributed by atoms with Gasteiger partial charge in [0.15, 0.2) is 0 Å². The van der Waals surface area contributed by atoms with E-state index in [1.807, 2.05) is 0 Å². The molecule has 0 saturated heterocycles. The molecule has 150 valence electrons. The van der Waals surface area contributed by atoms with E-state index in [0.29, 0.717) is 5.88 Å². The highest BCUT2D eigenvalue weighted by Gasteiger charge is 2.08. The summed E-state index contributed by atoms with van der Waals surface area (Å²) in [4.78, 5) is 0. The molecule has 0 unspecified atom stereocenters.